The number of amides is 1. The molecule has 1 fully saturated rings. The second kappa shape index (κ2) is 8.31. The minimum Gasteiger partial charge on any atom is -0.490 e. The summed E-state index contributed by atoms with van der Waals surface area (Å²) in [7, 11) is 0. The quantitative estimate of drug-likeness (QED) is 0.781. The first kappa shape index (κ1) is 18.3. The zero-order chi connectivity index (χ0) is 18.6. The Labute approximate surface area is 167 Å². The third kappa shape index (κ3) is 4.45. The second-order valence-electron chi connectivity index (χ2n) is 6.94. The first-order valence-electron chi connectivity index (χ1n) is 9.38. The van der Waals surface area contributed by atoms with Gasteiger partial charge < -0.3 is 14.8 Å². The van der Waals surface area contributed by atoms with Crippen LogP contribution in [0.4, 0.5) is 5.69 Å². The summed E-state index contributed by atoms with van der Waals surface area (Å²) in [4.78, 5) is 14.7. The number of rotatable bonds is 4. The number of benzene rings is 2. The molecule has 0 aliphatic carbocycles. The summed E-state index contributed by atoms with van der Waals surface area (Å²) in [6.07, 6.45) is 3.03. The average Bonchev–Trinajstić information content (AvgIpc) is 2.99. The monoisotopic (exact) mass is 430 g/mol. The van der Waals surface area contributed by atoms with Crippen LogP contribution in [0.25, 0.3) is 0 Å². The molecule has 1 amide bonds. The van der Waals surface area contributed by atoms with E-state index in [0.717, 1.165) is 47.5 Å². The third-order valence-electron chi connectivity index (χ3n) is 4.99. The SMILES string of the molecule is O=C(CN1CCC[C@@H]1c1ccc2c(c1)OCCCO2)Nc1ccc(Br)cc1. The van der Waals surface area contributed by atoms with E-state index in [2.05, 4.69) is 38.3 Å². The Bertz CT molecular complexity index is 810. The van der Waals surface area contributed by atoms with Gasteiger partial charge in [0.1, 0.15) is 0 Å². The van der Waals surface area contributed by atoms with E-state index in [-0.39, 0.29) is 11.9 Å². The van der Waals surface area contributed by atoms with Crippen molar-refractivity contribution in [2.75, 3.05) is 31.6 Å². The molecule has 0 aromatic heterocycles. The highest BCUT2D eigenvalue weighted by molar-refractivity contribution is 9.10. The highest BCUT2D eigenvalue weighted by atomic mass is 79.9. The van der Waals surface area contributed by atoms with Crippen molar-refractivity contribution in [2.24, 2.45) is 0 Å². The molecule has 1 atom stereocenters. The van der Waals surface area contributed by atoms with E-state index in [0.29, 0.717) is 19.8 Å². The molecule has 4 rings (SSSR count). The third-order valence-corrected chi connectivity index (χ3v) is 5.52. The fourth-order valence-electron chi connectivity index (χ4n) is 3.70. The number of ether oxygens (including phenoxy) is 2. The van der Waals surface area contributed by atoms with Crippen molar-refractivity contribution >= 4 is 27.5 Å². The molecule has 2 aromatic rings. The van der Waals surface area contributed by atoms with Crippen LogP contribution in [0.2, 0.25) is 0 Å². The van der Waals surface area contributed by atoms with E-state index in [1.54, 1.807) is 0 Å². The van der Waals surface area contributed by atoms with E-state index in [1.165, 1.54) is 5.56 Å². The number of hydrogen-bond donors (Lipinski definition) is 1. The zero-order valence-corrected chi connectivity index (χ0v) is 16.7. The number of nitrogens with zero attached hydrogens (tertiary/aromatic N) is 1. The lowest BCUT2D eigenvalue weighted by molar-refractivity contribution is -0.117. The number of anilines is 1. The lowest BCUT2D eigenvalue weighted by Gasteiger charge is -2.25. The van der Waals surface area contributed by atoms with E-state index < -0.39 is 0 Å². The molecular weight excluding hydrogens is 408 g/mol. The van der Waals surface area contributed by atoms with Crippen LogP contribution in [-0.2, 0) is 4.79 Å². The predicted octanol–water partition coefficient (Wildman–Crippen LogP) is 4.39. The normalized spacial score (nSPS) is 19.5. The zero-order valence-electron chi connectivity index (χ0n) is 15.1. The molecule has 6 heteroatoms. The van der Waals surface area contributed by atoms with Gasteiger partial charge in [-0.15, -0.1) is 0 Å². The maximum Gasteiger partial charge on any atom is 0.238 e. The summed E-state index contributed by atoms with van der Waals surface area (Å²) >= 11 is 3.41. The Morgan fingerprint density at radius 1 is 1.07 bits per heavy atom. The molecule has 2 aromatic carbocycles. The van der Waals surface area contributed by atoms with Gasteiger partial charge in [0.2, 0.25) is 5.91 Å². The summed E-state index contributed by atoms with van der Waals surface area (Å²) in [5.74, 6) is 1.64. The molecule has 2 aliphatic heterocycles. The van der Waals surface area contributed by atoms with Crippen LogP contribution in [0.1, 0.15) is 30.9 Å². The van der Waals surface area contributed by atoms with Crippen LogP contribution in [0, 0.1) is 0 Å². The molecular formula is C21H23BrN2O3. The molecule has 0 radical (unpaired) electrons. The van der Waals surface area contributed by atoms with Crippen molar-refractivity contribution in [3.05, 3.63) is 52.5 Å². The first-order valence-corrected chi connectivity index (χ1v) is 10.2. The van der Waals surface area contributed by atoms with Gasteiger partial charge in [-0.1, -0.05) is 22.0 Å². The lowest BCUT2D eigenvalue weighted by Crippen LogP contribution is -2.32. The van der Waals surface area contributed by atoms with Crippen molar-refractivity contribution in [1.82, 2.24) is 4.90 Å². The number of carbonyl (C=O) groups is 1. The molecule has 0 spiro atoms. The fraction of sp³-hybridized carbons (Fsp3) is 0.381. The average molecular weight is 431 g/mol. The molecule has 2 aliphatic rings. The summed E-state index contributed by atoms with van der Waals surface area (Å²) in [6.45, 7) is 2.68. The number of nitrogens with one attached hydrogen (secondary N) is 1. The first-order chi connectivity index (χ1) is 13.2. The molecule has 0 bridgehead atoms. The number of halogens is 1. The van der Waals surface area contributed by atoms with Crippen LogP contribution in [0.3, 0.4) is 0 Å². The maximum atomic E-state index is 12.5. The van der Waals surface area contributed by atoms with Crippen molar-refractivity contribution < 1.29 is 14.3 Å². The summed E-state index contributed by atoms with van der Waals surface area (Å²) in [6, 6.07) is 14.0. The molecule has 1 saturated heterocycles. The van der Waals surface area contributed by atoms with E-state index in [1.807, 2.05) is 30.3 Å². The Kier molecular flexibility index (Phi) is 5.64. The van der Waals surface area contributed by atoms with Crippen LogP contribution >= 0.6 is 15.9 Å². The van der Waals surface area contributed by atoms with Gasteiger partial charge in [-0.25, -0.2) is 0 Å². The Balaban J connectivity index is 1.43. The van der Waals surface area contributed by atoms with Gasteiger partial charge in [-0.2, -0.15) is 0 Å². The Hall–Kier alpha value is -2.05. The Morgan fingerprint density at radius 2 is 1.85 bits per heavy atom. The van der Waals surface area contributed by atoms with Crippen molar-refractivity contribution in [1.29, 1.82) is 0 Å². The Morgan fingerprint density at radius 3 is 2.67 bits per heavy atom. The molecule has 142 valence electrons. The van der Waals surface area contributed by atoms with E-state index in [4.69, 9.17) is 9.47 Å². The van der Waals surface area contributed by atoms with Crippen LogP contribution in [-0.4, -0.2) is 37.1 Å². The minimum atomic E-state index is 0.0126. The topological polar surface area (TPSA) is 50.8 Å². The van der Waals surface area contributed by atoms with Gasteiger partial charge >= 0.3 is 0 Å². The number of carbonyl (C=O) groups excluding carboxylic acids is 1. The lowest BCUT2D eigenvalue weighted by atomic mass is 10.0. The van der Waals surface area contributed by atoms with Crippen molar-refractivity contribution in [3.63, 3.8) is 0 Å². The van der Waals surface area contributed by atoms with Gasteiger partial charge in [0.15, 0.2) is 11.5 Å². The van der Waals surface area contributed by atoms with Crippen LogP contribution in [0.5, 0.6) is 11.5 Å². The largest absolute Gasteiger partial charge is 0.490 e. The summed E-state index contributed by atoms with van der Waals surface area (Å²) < 4.78 is 12.5. The highest BCUT2D eigenvalue weighted by Gasteiger charge is 2.28. The highest BCUT2D eigenvalue weighted by Crippen LogP contribution is 2.37. The molecule has 5 nitrogen and oxygen atoms in total. The molecule has 2 heterocycles. The predicted molar refractivity (Wildman–Crippen MR) is 108 cm³/mol. The van der Waals surface area contributed by atoms with Gasteiger partial charge in [-0.05, 0) is 61.3 Å². The standard InChI is InChI=1S/C21H23BrN2O3/c22-16-5-7-17(8-6-16)23-21(25)14-24-10-1-3-18(24)15-4-9-19-20(13-15)27-12-2-11-26-19/h4-9,13,18H,1-3,10-12,14H2,(H,23,25)/t18-/m1/s1. The summed E-state index contributed by atoms with van der Waals surface area (Å²) in [5, 5.41) is 2.98. The number of hydrogen-bond acceptors (Lipinski definition) is 4. The molecule has 0 unspecified atom stereocenters. The van der Waals surface area contributed by atoms with Crippen LogP contribution < -0.4 is 14.8 Å². The fourth-order valence-corrected chi connectivity index (χ4v) is 3.96. The van der Waals surface area contributed by atoms with Crippen molar-refractivity contribution in [2.45, 2.75) is 25.3 Å². The van der Waals surface area contributed by atoms with E-state index in [9.17, 15) is 4.79 Å². The maximum absolute atomic E-state index is 12.5. The van der Waals surface area contributed by atoms with Gasteiger partial charge in [0.05, 0.1) is 19.8 Å². The van der Waals surface area contributed by atoms with E-state index >= 15 is 0 Å². The number of likely N-dealkylation sites (tertiary alicyclic amines) is 1. The van der Waals surface area contributed by atoms with Crippen LogP contribution in [0.15, 0.2) is 46.9 Å². The minimum absolute atomic E-state index is 0.0126. The molecule has 27 heavy (non-hydrogen) atoms. The smallest absolute Gasteiger partial charge is 0.238 e. The summed E-state index contributed by atoms with van der Waals surface area (Å²) in [5.41, 5.74) is 2.00. The molecule has 0 saturated carbocycles. The van der Waals surface area contributed by atoms with Gasteiger partial charge in [-0.3, -0.25) is 9.69 Å². The van der Waals surface area contributed by atoms with Gasteiger partial charge in [0.25, 0.3) is 0 Å². The number of fused-ring (bicyclic) bond motifs is 1. The molecule has 1 N–H and O–H groups in total. The van der Waals surface area contributed by atoms with Gasteiger partial charge in [0, 0.05) is 22.6 Å². The second-order valence-corrected chi connectivity index (χ2v) is 7.86. The van der Waals surface area contributed by atoms with Crippen molar-refractivity contribution in [3.8, 4) is 11.5 Å².